The van der Waals surface area contributed by atoms with Crippen LogP contribution in [0.25, 0.3) is 0 Å². The fourth-order valence-electron chi connectivity index (χ4n) is 6.01. The van der Waals surface area contributed by atoms with Crippen molar-refractivity contribution in [1.82, 2.24) is 20.1 Å². The molecule has 0 unspecified atom stereocenters. The van der Waals surface area contributed by atoms with Gasteiger partial charge in [0.2, 0.25) is 11.6 Å². The van der Waals surface area contributed by atoms with Crippen molar-refractivity contribution in [2.75, 3.05) is 37.1 Å². The van der Waals surface area contributed by atoms with E-state index in [0.717, 1.165) is 0 Å². The van der Waals surface area contributed by atoms with Crippen LogP contribution in [0.4, 0.5) is 40.3 Å². The van der Waals surface area contributed by atoms with Gasteiger partial charge in [0.05, 0.1) is 53.4 Å². The fraction of sp³-hybridized carbons (Fsp3) is 0.278. The first-order valence-electron chi connectivity index (χ1n) is 16.9. The number of aliphatic hydroxyl groups is 1. The Kier molecular flexibility index (Phi) is 14.9. The maximum absolute atomic E-state index is 14.9. The molecule has 4 aromatic rings. The molecule has 56 heavy (non-hydrogen) atoms. The topological polar surface area (TPSA) is 174 Å². The number of carbonyl (C=O) groups excluding carboxylic acids is 2. The molecule has 0 aliphatic carbocycles. The van der Waals surface area contributed by atoms with Crippen molar-refractivity contribution in [3.63, 3.8) is 0 Å². The molecule has 0 radical (unpaired) electrons. The summed E-state index contributed by atoms with van der Waals surface area (Å²) in [7, 11) is 0. The van der Waals surface area contributed by atoms with Crippen LogP contribution in [0.5, 0.6) is 0 Å². The Labute approximate surface area is 343 Å². The summed E-state index contributed by atoms with van der Waals surface area (Å²) in [6.07, 6.45) is 3.19. The van der Waals surface area contributed by atoms with Crippen LogP contribution < -0.4 is 32.7 Å². The molecule has 2 aromatic heterocycles. The number of rotatable bonds is 14. The zero-order valence-corrected chi connectivity index (χ0v) is 33.6. The summed E-state index contributed by atoms with van der Waals surface area (Å²) in [5.41, 5.74) is 2.18. The molecule has 0 spiro atoms. The highest BCUT2D eigenvalue weighted by molar-refractivity contribution is 14.1. The second kappa shape index (κ2) is 19.6. The van der Waals surface area contributed by atoms with Gasteiger partial charge in [-0.2, -0.15) is 8.78 Å². The number of anilines is 4. The van der Waals surface area contributed by atoms with E-state index in [1.54, 1.807) is 12.1 Å². The van der Waals surface area contributed by atoms with E-state index in [2.05, 4.69) is 28.2 Å². The van der Waals surface area contributed by atoms with Crippen LogP contribution in [-0.4, -0.2) is 52.5 Å². The van der Waals surface area contributed by atoms with Crippen molar-refractivity contribution in [2.24, 2.45) is 0 Å². The van der Waals surface area contributed by atoms with Crippen molar-refractivity contribution < 1.29 is 46.7 Å². The van der Waals surface area contributed by atoms with Crippen LogP contribution in [0.2, 0.25) is 0 Å². The van der Waals surface area contributed by atoms with Crippen molar-refractivity contribution in [3.8, 4) is 0 Å². The highest BCUT2D eigenvalue weighted by atomic mass is 127. The van der Waals surface area contributed by atoms with Gasteiger partial charge in [0.15, 0.2) is 0 Å². The molecule has 298 valence electrons. The van der Waals surface area contributed by atoms with Crippen molar-refractivity contribution in [1.29, 1.82) is 0 Å². The van der Waals surface area contributed by atoms with Gasteiger partial charge in [-0.1, -0.05) is 6.58 Å². The number of hydrogen-bond acceptors (Lipinski definition) is 10. The molecule has 2 aliphatic rings. The molecular weight excluding hydrogens is 974 g/mol. The summed E-state index contributed by atoms with van der Waals surface area (Å²) in [4.78, 5) is 59.8. The monoisotopic (exact) mass is 1010 g/mol. The molecule has 0 saturated heterocycles. The first kappa shape index (κ1) is 42.6. The van der Waals surface area contributed by atoms with Gasteiger partial charge in [0.25, 0.3) is 22.9 Å². The Bertz CT molecular complexity index is 2270. The van der Waals surface area contributed by atoms with Crippen LogP contribution in [0.3, 0.4) is 0 Å². The number of halogens is 6. The second-order valence-electron chi connectivity index (χ2n) is 12.0. The third kappa shape index (κ3) is 9.70. The minimum atomic E-state index is -1.18. The average molecular weight is 1010 g/mol. The second-order valence-corrected chi connectivity index (χ2v) is 14.5. The number of nitrogens with zero attached hydrogens (tertiary/aromatic N) is 2. The summed E-state index contributed by atoms with van der Waals surface area (Å²) in [6, 6.07) is 8.52. The zero-order valence-electron chi connectivity index (χ0n) is 29.3. The van der Waals surface area contributed by atoms with Gasteiger partial charge in [0.1, 0.15) is 24.8 Å². The molecule has 2 aliphatic heterocycles. The van der Waals surface area contributed by atoms with E-state index in [4.69, 9.17) is 19.5 Å². The molecule has 4 heterocycles. The fourth-order valence-corrected chi connectivity index (χ4v) is 6.91. The van der Waals surface area contributed by atoms with E-state index < -0.39 is 51.9 Å². The van der Waals surface area contributed by atoms with Crippen LogP contribution in [0.15, 0.2) is 58.8 Å². The van der Waals surface area contributed by atoms with Crippen LogP contribution in [0, 0.1) is 30.4 Å². The van der Waals surface area contributed by atoms with Crippen LogP contribution in [0.1, 0.15) is 44.9 Å². The minimum absolute atomic E-state index is 0.0315. The van der Waals surface area contributed by atoms with Crippen molar-refractivity contribution >= 4 is 79.7 Å². The first-order chi connectivity index (χ1) is 26.9. The van der Waals surface area contributed by atoms with E-state index in [9.17, 15) is 36.7 Å². The molecule has 20 heteroatoms. The van der Waals surface area contributed by atoms with Gasteiger partial charge in [-0.3, -0.25) is 28.9 Å². The summed E-state index contributed by atoms with van der Waals surface area (Å²) in [5, 5.41) is 13.9. The lowest BCUT2D eigenvalue weighted by atomic mass is 10.1. The predicted octanol–water partition coefficient (Wildman–Crippen LogP) is 5.32. The number of carbonyl (C=O) groups is 2. The normalized spacial score (nSPS) is 12.6. The summed E-state index contributed by atoms with van der Waals surface area (Å²) in [5.74, 6) is -5.16. The van der Waals surface area contributed by atoms with Gasteiger partial charge < -0.3 is 29.6 Å². The molecular formula is C36H34F4I2N6O8. The average Bonchev–Trinajstić information content (AvgIpc) is 3.86. The number of hydrogen-bond donors (Lipinski definition) is 5. The lowest BCUT2D eigenvalue weighted by Crippen LogP contribution is -2.32. The molecule has 0 bridgehead atoms. The zero-order chi connectivity index (χ0) is 40.5. The largest absolute Gasteiger partial charge is 0.499 e. The molecule has 0 saturated carbocycles. The number of aromatic nitrogens is 2. The standard InChI is InChI=1S/C19H18F2IN3O4.C17H16F2IN3O4/c1-2-28-8-9-29-24-18(26)15-14-4-3-7-25(14)19(27)16(21)17(15)23-13-6-5-11(22)10-12(13)20;18-10-8-9(20)3-4-11(10)21-15-13(16(25)22-27-7-6-24)12-2-1-5-23(12)17(26)14(15)19/h2,5-6,10,23H,1,3-4,7-9H2,(H,24,26);3-4,8,21,24H,1-2,5-7H2,(H,22,25). The summed E-state index contributed by atoms with van der Waals surface area (Å²) >= 11 is 3.87. The predicted molar refractivity (Wildman–Crippen MR) is 213 cm³/mol. The number of aliphatic hydroxyl groups excluding tert-OH is 1. The molecule has 0 fully saturated rings. The van der Waals surface area contributed by atoms with E-state index in [0.29, 0.717) is 57.3 Å². The Balaban J connectivity index is 0.000000215. The highest BCUT2D eigenvalue weighted by Gasteiger charge is 2.31. The van der Waals surface area contributed by atoms with E-state index in [1.165, 1.54) is 39.7 Å². The van der Waals surface area contributed by atoms with Gasteiger partial charge >= 0.3 is 0 Å². The quantitative estimate of drug-likeness (QED) is 0.0366. The molecule has 5 N–H and O–H groups in total. The summed E-state index contributed by atoms with van der Waals surface area (Å²) < 4.78 is 66.7. The molecule has 6 rings (SSSR count). The Hall–Kier alpha value is -4.52. The highest BCUT2D eigenvalue weighted by Crippen LogP contribution is 2.32. The first-order valence-corrected chi connectivity index (χ1v) is 19.1. The van der Waals surface area contributed by atoms with Crippen LogP contribution in [-0.2, 0) is 40.3 Å². The number of nitrogens with one attached hydrogen (secondary N) is 4. The maximum atomic E-state index is 14.9. The van der Waals surface area contributed by atoms with Crippen molar-refractivity contribution in [3.05, 3.63) is 123 Å². The third-order valence-corrected chi connectivity index (χ3v) is 9.75. The Morgan fingerprint density at radius 1 is 0.750 bits per heavy atom. The lowest BCUT2D eigenvalue weighted by Gasteiger charge is -2.18. The SMILES string of the molecule is C=COCCONC(=O)c1c(Nc2ccc(I)cc2F)c(F)c(=O)n2c1CCC2.O=C(NOCCO)c1c(Nc2ccc(I)cc2F)c(F)c(=O)n2c1CCC2. The van der Waals surface area contributed by atoms with Gasteiger partial charge in [-0.05, 0) is 107 Å². The number of fused-ring (bicyclic) bond motifs is 2. The molecule has 2 aromatic carbocycles. The van der Waals surface area contributed by atoms with E-state index in [-0.39, 0.29) is 54.6 Å². The Morgan fingerprint density at radius 2 is 1.20 bits per heavy atom. The summed E-state index contributed by atoms with van der Waals surface area (Å²) in [6.45, 7) is 3.69. The van der Waals surface area contributed by atoms with Crippen LogP contribution >= 0.6 is 45.2 Å². The van der Waals surface area contributed by atoms with Gasteiger partial charge in [-0.15, -0.1) is 0 Å². The molecule has 14 nitrogen and oxygen atoms in total. The Morgan fingerprint density at radius 3 is 1.61 bits per heavy atom. The maximum Gasteiger partial charge on any atom is 0.289 e. The smallest absolute Gasteiger partial charge is 0.289 e. The van der Waals surface area contributed by atoms with Gasteiger partial charge in [0, 0.05) is 31.6 Å². The van der Waals surface area contributed by atoms with E-state index >= 15 is 0 Å². The molecule has 0 atom stereocenters. The number of hydroxylamine groups is 2. The number of ether oxygens (including phenoxy) is 1. The van der Waals surface area contributed by atoms with E-state index in [1.807, 2.05) is 45.2 Å². The number of benzene rings is 2. The minimum Gasteiger partial charge on any atom is -0.499 e. The lowest BCUT2D eigenvalue weighted by molar-refractivity contribution is 0.0144. The molecule has 2 amide bonds. The third-order valence-electron chi connectivity index (χ3n) is 8.40. The van der Waals surface area contributed by atoms with Crippen molar-refractivity contribution in [2.45, 2.75) is 38.8 Å². The van der Waals surface area contributed by atoms with Gasteiger partial charge in [-0.25, -0.2) is 19.7 Å². The number of pyridine rings is 2. The number of amides is 2.